The summed E-state index contributed by atoms with van der Waals surface area (Å²) < 4.78 is 2.07. The van der Waals surface area contributed by atoms with Gasteiger partial charge in [-0.3, -0.25) is 0 Å². The van der Waals surface area contributed by atoms with Gasteiger partial charge >= 0.3 is 0 Å². The second kappa shape index (κ2) is 7.05. The molecule has 0 fully saturated rings. The van der Waals surface area contributed by atoms with Crippen LogP contribution in [0.25, 0.3) is 0 Å². The molecule has 0 atom stereocenters. The van der Waals surface area contributed by atoms with Crippen LogP contribution in [0.2, 0.25) is 10.0 Å². The van der Waals surface area contributed by atoms with Gasteiger partial charge in [-0.1, -0.05) is 48.8 Å². The Morgan fingerprint density at radius 1 is 1.24 bits per heavy atom. The Kier molecular flexibility index (Phi) is 5.60. The van der Waals surface area contributed by atoms with Gasteiger partial charge in [0.25, 0.3) is 0 Å². The van der Waals surface area contributed by atoms with Gasteiger partial charge in [0.1, 0.15) is 17.5 Å². The highest BCUT2D eigenvalue weighted by Gasteiger charge is 2.19. The number of imidazole rings is 1. The molecular formula is C15H18Cl2N2OS. The van der Waals surface area contributed by atoms with E-state index in [2.05, 4.69) is 30.3 Å². The van der Waals surface area contributed by atoms with Crippen molar-refractivity contribution in [3.63, 3.8) is 0 Å². The van der Waals surface area contributed by atoms with Gasteiger partial charge in [0.15, 0.2) is 0 Å². The summed E-state index contributed by atoms with van der Waals surface area (Å²) in [4.78, 5) is 5.51. The molecule has 0 saturated heterocycles. The molecule has 0 unspecified atom stereocenters. The van der Waals surface area contributed by atoms with Crippen LogP contribution in [0.15, 0.2) is 28.1 Å². The molecule has 1 aromatic carbocycles. The lowest BCUT2D eigenvalue weighted by molar-refractivity contribution is 0.264. The van der Waals surface area contributed by atoms with Crippen molar-refractivity contribution in [2.45, 2.75) is 49.8 Å². The van der Waals surface area contributed by atoms with E-state index in [1.807, 2.05) is 12.1 Å². The third-order valence-corrected chi connectivity index (χ3v) is 4.51. The molecule has 2 rings (SSSR count). The van der Waals surface area contributed by atoms with Gasteiger partial charge in [0.05, 0.1) is 5.69 Å². The number of aromatic nitrogens is 2. The molecule has 1 N–H and O–H groups in total. The normalized spacial score (nSPS) is 11.4. The van der Waals surface area contributed by atoms with Crippen LogP contribution < -0.4 is 0 Å². The molecule has 0 amide bonds. The first-order chi connectivity index (χ1) is 9.96. The Balaban J connectivity index is 2.45. The highest BCUT2D eigenvalue weighted by Crippen LogP contribution is 2.36. The van der Waals surface area contributed by atoms with E-state index in [-0.39, 0.29) is 6.61 Å². The molecule has 0 radical (unpaired) electrons. The lowest BCUT2D eigenvalue weighted by Crippen LogP contribution is -2.07. The standard InChI is InChI=1S/C15H18Cl2N2OS/c1-4-19-13(8-20)18-15(14(19)9(2)3)21-12-6-10(16)5-11(17)7-12/h5-7,9,20H,4,8H2,1-3H3. The fourth-order valence-electron chi connectivity index (χ4n) is 2.30. The molecule has 6 heteroatoms. The Hall–Kier alpha value is -0.680. The van der Waals surface area contributed by atoms with Crippen LogP contribution in [-0.2, 0) is 13.2 Å². The fraction of sp³-hybridized carbons (Fsp3) is 0.400. The minimum absolute atomic E-state index is 0.0651. The van der Waals surface area contributed by atoms with Crippen LogP contribution in [-0.4, -0.2) is 14.7 Å². The van der Waals surface area contributed by atoms with E-state index >= 15 is 0 Å². The topological polar surface area (TPSA) is 38.0 Å². The molecular weight excluding hydrogens is 327 g/mol. The molecule has 0 aliphatic heterocycles. The number of halogens is 2. The second-order valence-corrected chi connectivity index (χ2v) is 6.92. The van der Waals surface area contributed by atoms with Crippen LogP contribution >= 0.6 is 35.0 Å². The zero-order valence-corrected chi connectivity index (χ0v) is 14.6. The van der Waals surface area contributed by atoms with E-state index in [0.29, 0.717) is 21.8 Å². The van der Waals surface area contributed by atoms with Crippen molar-refractivity contribution in [2.24, 2.45) is 0 Å². The average Bonchev–Trinajstić information content (AvgIpc) is 2.75. The predicted molar refractivity (Wildman–Crippen MR) is 88.5 cm³/mol. The average molecular weight is 345 g/mol. The molecule has 2 aromatic rings. The van der Waals surface area contributed by atoms with Crippen LogP contribution in [0.4, 0.5) is 0 Å². The summed E-state index contributed by atoms with van der Waals surface area (Å²) in [6, 6.07) is 5.44. The third kappa shape index (κ3) is 3.75. The number of aliphatic hydroxyl groups is 1. The number of nitrogens with zero attached hydrogens (tertiary/aromatic N) is 2. The highest BCUT2D eigenvalue weighted by molar-refractivity contribution is 7.99. The van der Waals surface area contributed by atoms with Crippen molar-refractivity contribution < 1.29 is 5.11 Å². The van der Waals surface area contributed by atoms with Crippen LogP contribution in [0.5, 0.6) is 0 Å². The summed E-state index contributed by atoms with van der Waals surface area (Å²) in [6.45, 7) is 7.02. The van der Waals surface area contributed by atoms with Crippen molar-refractivity contribution in [3.8, 4) is 0 Å². The van der Waals surface area contributed by atoms with E-state index < -0.39 is 0 Å². The molecule has 1 heterocycles. The SMILES string of the molecule is CCn1c(CO)nc(Sc2cc(Cl)cc(Cl)c2)c1C(C)C. The third-order valence-electron chi connectivity index (χ3n) is 3.11. The van der Waals surface area contributed by atoms with Crippen molar-refractivity contribution >= 4 is 35.0 Å². The number of rotatable bonds is 5. The first kappa shape index (κ1) is 16.7. The van der Waals surface area contributed by atoms with Crippen LogP contribution in [0.1, 0.15) is 38.2 Å². The quantitative estimate of drug-likeness (QED) is 0.831. The second-order valence-electron chi connectivity index (χ2n) is 4.98. The van der Waals surface area contributed by atoms with E-state index in [1.54, 1.807) is 6.07 Å². The van der Waals surface area contributed by atoms with Crippen molar-refractivity contribution in [1.82, 2.24) is 9.55 Å². The van der Waals surface area contributed by atoms with Gasteiger partial charge in [0, 0.05) is 21.5 Å². The van der Waals surface area contributed by atoms with Crippen LogP contribution in [0, 0.1) is 0 Å². The first-order valence-corrected chi connectivity index (χ1v) is 8.37. The van der Waals surface area contributed by atoms with Gasteiger partial charge in [-0.2, -0.15) is 0 Å². The van der Waals surface area contributed by atoms with E-state index in [9.17, 15) is 5.11 Å². The molecule has 1 aromatic heterocycles. The molecule has 0 aliphatic rings. The van der Waals surface area contributed by atoms with Crippen LogP contribution in [0.3, 0.4) is 0 Å². The molecule has 0 aliphatic carbocycles. The Morgan fingerprint density at radius 2 is 1.86 bits per heavy atom. The minimum Gasteiger partial charge on any atom is -0.388 e. The summed E-state index contributed by atoms with van der Waals surface area (Å²) in [6.07, 6.45) is 0. The maximum absolute atomic E-state index is 9.49. The molecule has 21 heavy (non-hydrogen) atoms. The van der Waals surface area contributed by atoms with E-state index in [4.69, 9.17) is 23.2 Å². The summed E-state index contributed by atoms with van der Waals surface area (Å²) in [5, 5.41) is 11.6. The molecule has 0 saturated carbocycles. The van der Waals surface area contributed by atoms with Gasteiger partial charge in [-0.05, 0) is 31.0 Å². The minimum atomic E-state index is -0.0651. The van der Waals surface area contributed by atoms with Crippen molar-refractivity contribution in [2.75, 3.05) is 0 Å². The summed E-state index contributed by atoms with van der Waals surface area (Å²) in [5.74, 6) is 1.01. The number of hydrogen-bond acceptors (Lipinski definition) is 3. The first-order valence-electron chi connectivity index (χ1n) is 6.80. The maximum atomic E-state index is 9.49. The molecule has 0 spiro atoms. The Morgan fingerprint density at radius 3 is 2.33 bits per heavy atom. The summed E-state index contributed by atoms with van der Waals surface area (Å²) >= 11 is 13.6. The Bertz CT molecular complexity index is 621. The zero-order valence-electron chi connectivity index (χ0n) is 12.2. The largest absolute Gasteiger partial charge is 0.388 e. The van der Waals surface area contributed by atoms with E-state index in [0.717, 1.165) is 22.2 Å². The fourth-order valence-corrected chi connectivity index (χ4v) is 4.15. The zero-order chi connectivity index (χ0) is 15.6. The summed E-state index contributed by atoms with van der Waals surface area (Å²) in [5.41, 5.74) is 1.13. The number of benzene rings is 1. The molecule has 3 nitrogen and oxygen atoms in total. The number of hydrogen-bond donors (Lipinski definition) is 1. The monoisotopic (exact) mass is 344 g/mol. The van der Waals surface area contributed by atoms with E-state index in [1.165, 1.54) is 11.8 Å². The highest BCUT2D eigenvalue weighted by atomic mass is 35.5. The van der Waals surface area contributed by atoms with Gasteiger partial charge in [0.2, 0.25) is 0 Å². The smallest absolute Gasteiger partial charge is 0.136 e. The van der Waals surface area contributed by atoms with Gasteiger partial charge < -0.3 is 9.67 Å². The van der Waals surface area contributed by atoms with Crippen molar-refractivity contribution in [3.05, 3.63) is 39.8 Å². The lowest BCUT2D eigenvalue weighted by Gasteiger charge is -2.12. The molecule has 114 valence electrons. The van der Waals surface area contributed by atoms with Gasteiger partial charge in [-0.25, -0.2) is 4.98 Å². The van der Waals surface area contributed by atoms with Gasteiger partial charge in [-0.15, -0.1) is 0 Å². The summed E-state index contributed by atoms with van der Waals surface area (Å²) in [7, 11) is 0. The van der Waals surface area contributed by atoms with Crippen molar-refractivity contribution in [1.29, 1.82) is 0 Å². The Labute approximate surface area is 139 Å². The number of aliphatic hydroxyl groups excluding tert-OH is 1. The lowest BCUT2D eigenvalue weighted by atomic mass is 10.1. The molecule has 0 bridgehead atoms. The maximum Gasteiger partial charge on any atom is 0.136 e. The predicted octanol–water partition coefficient (Wildman–Crippen LogP) is 4.98.